The van der Waals surface area contributed by atoms with Gasteiger partial charge in [0.05, 0.1) is 16.7 Å². The van der Waals surface area contributed by atoms with Crippen LogP contribution in [-0.4, -0.2) is 14.2 Å². The Morgan fingerprint density at radius 1 is 1.50 bits per heavy atom. The summed E-state index contributed by atoms with van der Waals surface area (Å²) in [6.45, 7) is 0. The number of benzene rings is 1. The van der Waals surface area contributed by atoms with Crippen molar-refractivity contribution in [2.45, 2.75) is 4.90 Å². The van der Waals surface area contributed by atoms with Gasteiger partial charge in [-0.2, -0.15) is 5.26 Å². The summed E-state index contributed by atoms with van der Waals surface area (Å²) in [5.41, 5.74) is 5.65. The summed E-state index contributed by atoms with van der Waals surface area (Å²) in [6.07, 6.45) is 0. The number of halogens is 1. The molecular weight excluding hydrogens is 268 g/mol. The maximum Gasteiger partial charge on any atom is 0.193 e. The molecule has 4 nitrogen and oxygen atoms in total. The van der Waals surface area contributed by atoms with Crippen LogP contribution in [0.1, 0.15) is 0 Å². The molecule has 0 spiro atoms. The monoisotopic (exact) mass is 274 g/mol. The topological polar surface area (TPSA) is 84.0 Å². The van der Waals surface area contributed by atoms with Crippen molar-refractivity contribution in [3.05, 3.63) is 22.7 Å². The van der Waals surface area contributed by atoms with E-state index in [2.05, 4.69) is 15.9 Å². The minimum atomic E-state index is -3.58. The number of nitrogen functional groups attached to an aromatic ring is 1. The first-order valence-corrected chi connectivity index (χ1v) is 6.06. The highest BCUT2D eigenvalue weighted by Gasteiger charge is 2.17. The molecule has 0 saturated heterocycles. The van der Waals surface area contributed by atoms with Crippen molar-refractivity contribution in [2.75, 3.05) is 11.5 Å². The fraction of sp³-hybridized carbons (Fsp3) is 0.125. The molecular formula is C8H7BrN2O2S. The third-order valence-corrected chi connectivity index (χ3v) is 3.59. The van der Waals surface area contributed by atoms with Crippen LogP contribution >= 0.6 is 15.9 Å². The van der Waals surface area contributed by atoms with Gasteiger partial charge >= 0.3 is 0 Å². The van der Waals surface area contributed by atoms with Crippen molar-refractivity contribution in [1.82, 2.24) is 0 Å². The molecule has 0 aromatic heterocycles. The van der Waals surface area contributed by atoms with Crippen molar-refractivity contribution >= 4 is 31.5 Å². The number of nitriles is 1. The fourth-order valence-corrected chi connectivity index (χ4v) is 2.51. The van der Waals surface area contributed by atoms with Crippen LogP contribution in [0.15, 0.2) is 27.6 Å². The molecule has 6 heteroatoms. The Bertz CT molecular complexity index is 491. The van der Waals surface area contributed by atoms with Gasteiger partial charge in [0.25, 0.3) is 0 Å². The number of rotatable bonds is 2. The van der Waals surface area contributed by atoms with Crippen molar-refractivity contribution in [1.29, 1.82) is 5.26 Å². The summed E-state index contributed by atoms with van der Waals surface area (Å²) in [5, 5.41) is 8.34. The summed E-state index contributed by atoms with van der Waals surface area (Å²) in [5.74, 6) is -0.562. The highest BCUT2D eigenvalue weighted by Crippen LogP contribution is 2.23. The minimum absolute atomic E-state index is 0.00609. The Kier molecular flexibility index (Phi) is 3.13. The first-order valence-electron chi connectivity index (χ1n) is 3.62. The van der Waals surface area contributed by atoms with E-state index >= 15 is 0 Å². The van der Waals surface area contributed by atoms with Gasteiger partial charge in [0.15, 0.2) is 9.84 Å². The quantitative estimate of drug-likeness (QED) is 0.825. The molecule has 2 N–H and O–H groups in total. The van der Waals surface area contributed by atoms with Crippen LogP contribution in [0.25, 0.3) is 0 Å². The number of nitrogens with zero attached hydrogens (tertiary/aromatic N) is 1. The number of hydrogen-bond donors (Lipinski definition) is 1. The van der Waals surface area contributed by atoms with Crippen LogP contribution in [0.3, 0.4) is 0 Å². The molecule has 0 atom stereocenters. The Labute approximate surface area is 90.4 Å². The lowest BCUT2D eigenvalue weighted by Gasteiger charge is -2.04. The normalized spacial score (nSPS) is 10.9. The lowest BCUT2D eigenvalue weighted by molar-refractivity contribution is 0.599. The van der Waals surface area contributed by atoms with E-state index in [1.165, 1.54) is 12.1 Å². The zero-order chi connectivity index (χ0) is 10.8. The summed E-state index contributed by atoms with van der Waals surface area (Å²) >= 11 is 3.14. The van der Waals surface area contributed by atoms with Gasteiger partial charge < -0.3 is 5.73 Å². The van der Waals surface area contributed by atoms with E-state index in [1.54, 1.807) is 12.1 Å². The molecule has 0 aliphatic carbocycles. The van der Waals surface area contributed by atoms with Gasteiger partial charge in [-0.1, -0.05) is 15.9 Å². The van der Waals surface area contributed by atoms with Crippen LogP contribution in [0.4, 0.5) is 5.69 Å². The standard InChI is InChI=1S/C8H7BrN2O2S/c9-6-1-2-7(11)8(5-6)14(12,13)4-3-10/h1-2,5H,4,11H2. The molecule has 0 heterocycles. The van der Waals surface area contributed by atoms with Gasteiger partial charge in [0.2, 0.25) is 0 Å². The van der Waals surface area contributed by atoms with E-state index in [4.69, 9.17) is 11.0 Å². The van der Waals surface area contributed by atoms with Gasteiger partial charge in [-0.05, 0) is 18.2 Å². The van der Waals surface area contributed by atoms with Crippen molar-refractivity contribution < 1.29 is 8.42 Å². The average Bonchev–Trinajstić information content (AvgIpc) is 2.09. The number of sulfone groups is 1. The second-order valence-electron chi connectivity index (χ2n) is 2.60. The molecule has 0 bridgehead atoms. The lowest BCUT2D eigenvalue weighted by atomic mass is 10.3. The van der Waals surface area contributed by atoms with Gasteiger partial charge in [0, 0.05) is 4.47 Å². The Morgan fingerprint density at radius 3 is 2.71 bits per heavy atom. The molecule has 74 valence electrons. The van der Waals surface area contributed by atoms with Crippen LogP contribution in [0.2, 0.25) is 0 Å². The van der Waals surface area contributed by atoms with E-state index in [0.717, 1.165) is 0 Å². The Hall–Kier alpha value is -1.06. The fourth-order valence-electron chi connectivity index (χ4n) is 0.940. The van der Waals surface area contributed by atoms with Gasteiger partial charge in [-0.3, -0.25) is 0 Å². The molecule has 0 saturated carbocycles. The van der Waals surface area contributed by atoms with Crippen LogP contribution in [0.5, 0.6) is 0 Å². The summed E-state index contributed by atoms with van der Waals surface area (Å²) < 4.78 is 23.6. The van der Waals surface area contributed by atoms with E-state index in [9.17, 15) is 8.42 Å². The third kappa shape index (κ3) is 2.25. The van der Waals surface area contributed by atoms with E-state index in [-0.39, 0.29) is 10.6 Å². The molecule has 1 aromatic rings. The SMILES string of the molecule is N#CCS(=O)(=O)c1cc(Br)ccc1N. The van der Waals surface area contributed by atoms with Crippen LogP contribution < -0.4 is 5.73 Å². The zero-order valence-electron chi connectivity index (χ0n) is 7.07. The highest BCUT2D eigenvalue weighted by molar-refractivity contribution is 9.10. The zero-order valence-corrected chi connectivity index (χ0v) is 9.47. The molecule has 0 unspecified atom stereocenters. The second-order valence-corrected chi connectivity index (χ2v) is 5.47. The van der Waals surface area contributed by atoms with Crippen LogP contribution in [-0.2, 0) is 9.84 Å². The predicted molar refractivity (Wildman–Crippen MR) is 56.2 cm³/mol. The Morgan fingerprint density at radius 2 is 2.14 bits per heavy atom. The molecule has 0 amide bonds. The van der Waals surface area contributed by atoms with Crippen molar-refractivity contribution in [2.24, 2.45) is 0 Å². The lowest BCUT2D eigenvalue weighted by Crippen LogP contribution is -2.07. The van der Waals surface area contributed by atoms with E-state index in [0.29, 0.717) is 4.47 Å². The molecule has 1 aromatic carbocycles. The van der Waals surface area contributed by atoms with E-state index in [1.807, 2.05) is 0 Å². The maximum absolute atomic E-state index is 11.5. The number of anilines is 1. The number of nitrogens with two attached hydrogens (primary N) is 1. The summed E-state index contributed by atoms with van der Waals surface area (Å²) in [4.78, 5) is -0.00609. The minimum Gasteiger partial charge on any atom is -0.398 e. The second kappa shape index (κ2) is 3.98. The van der Waals surface area contributed by atoms with Crippen LogP contribution in [0, 0.1) is 11.3 Å². The predicted octanol–water partition coefficient (Wildman–Crippen LogP) is 1.33. The first-order chi connectivity index (χ1) is 6.47. The first kappa shape index (κ1) is 11.0. The van der Waals surface area contributed by atoms with Gasteiger partial charge in [0.1, 0.15) is 5.75 Å². The summed E-state index contributed by atoms with van der Waals surface area (Å²) in [6, 6.07) is 6.11. The number of hydrogen-bond acceptors (Lipinski definition) is 4. The molecule has 0 aliphatic heterocycles. The molecule has 1 rings (SSSR count). The Balaban J connectivity index is 3.33. The molecule has 0 radical (unpaired) electrons. The third-order valence-electron chi connectivity index (χ3n) is 1.57. The summed E-state index contributed by atoms with van der Waals surface area (Å²) in [7, 11) is -3.58. The highest BCUT2D eigenvalue weighted by atomic mass is 79.9. The molecule has 14 heavy (non-hydrogen) atoms. The van der Waals surface area contributed by atoms with Crippen molar-refractivity contribution in [3.8, 4) is 6.07 Å². The van der Waals surface area contributed by atoms with E-state index < -0.39 is 15.6 Å². The van der Waals surface area contributed by atoms with Gasteiger partial charge in [-0.25, -0.2) is 8.42 Å². The largest absolute Gasteiger partial charge is 0.398 e. The van der Waals surface area contributed by atoms with Gasteiger partial charge in [-0.15, -0.1) is 0 Å². The molecule has 0 aliphatic rings. The smallest absolute Gasteiger partial charge is 0.193 e. The maximum atomic E-state index is 11.5. The van der Waals surface area contributed by atoms with Crippen molar-refractivity contribution in [3.63, 3.8) is 0 Å². The molecule has 0 fully saturated rings. The average molecular weight is 275 g/mol.